The van der Waals surface area contributed by atoms with Crippen molar-refractivity contribution in [3.05, 3.63) is 4.91 Å². The topological polar surface area (TPSA) is 46.5 Å². The van der Waals surface area contributed by atoms with Crippen LogP contribution in [0.15, 0.2) is 5.18 Å². The van der Waals surface area contributed by atoms with E-state index in [1.807, 2.05) is 0 Å². The second-order valence-electron chi connectivity index (χ2n) is 1.70. The fraction of sp³-hybridized carbons (Fsp3) is 0.800. The van der Waals surface area contributed by atoms with E-state index in [-0.39, 0.29) is 6.04 Å². The molecule has 0 heterocycles. The largest absolute Gasteiger partial charge is 0.303 e. The average molecular weight is 115 g/mol. The van der Waals surface area contributed by atoms with Crippen LogP contribution < -0.4 is 0 Å². The van der Waals surface area contributed by atoms with E-state index in [0.717, 1.165) is 6.29 Å². The number of nitrogens with zero attached hydrogens (tertiary/aromatic N) is 1. The molecular weight excluding hydrogens is 106 g/mol. The van der Waals surface area contributed by atoms with E-state index in [2.05, 4.69) is 5.18 Å². The van der Waals surface area contributed by atoms with Gasteiger partial charge in [-0.25, -0.2) is 0 Å². The summed E-state index contributed by atoms with van der Waals surface area (Å²) in [5.74, 6) is 0. The van der Waals surface area contributed by atoms with Crippen LogP contribution in [0.3, 0.4) is 0 Å². The van der Waals surface area contributed by atoms with Gasteiger partial charge in [0.05, 0.1) is 6.04 Å². The van der Waals surface area contributed by atoms with E-state index >= 15 is 0 Å². The Kier molecular flexibility index (Phi) is 4.03. The molecular formula is C5H9NO2. The van der Waals surface area contributed by atoms with Crippen molar-refractivity contribution in [2.45, 2.75) is 25.8 Å². The molecule has 0 spiro atoms. The van der Waals surface area contributed by atoms with Crippen LogP contribution in [-0.2, 0) is 4.79 Å². The molecule has 0 radical (unpaired) electrons. The monoisotopic (exact) mass is 115 g/mol. The van der Waals surface area contributed by atoms with Gasteiger partial charge in [0.25, 0.3) is 0 Å². The van der Waals surface area contributed by atoms with Crippen LogP contribution in [0.2, 0.25) is 0 Å². The summed E-state index contributed by atoms with van der Waals surface area (Å²) in [5, 5.41) is 2.72. The average Bonchev–Trinajstić information content (AvgIpc) is 1.83. The molecule has 3 heteroatoms. The van der Waals surface area contributed by atoms with Gasteiger partial charge in [-0.2, -0.15) is 4.91 Å². The lowest BCUT2D eigenvalue weighted by atomic mass is 10.2. The number of hydrogen-bond donors (Lipinski definition) is 0. The predicted molar refractivity (Wildman–Crippen MR) is 30.6 cm³/mol. The van der Waals surface area contributed by atoms with E-state index in [4.69, 9.17) is 0 Å². The van der Waals surface area contributed by atoms with Crippen LogP contribution >= 0.6 is 0 Å². The van der Waals surface area contributed by atoms with Crippen molar-refractivity contribution in [2.75, 3.05) is 0 Å². The van der Waals surface area contributed by atoms with Crippen molar-refractivity contribution < 1.29 is 4.79 Å². The van der Waals surface area contributed by atoms with Gasteiger partial charge in [-0.3, -0.25) is 0 Å². The number of hydrogen-bond acceptors (Lipinski definition) is 3. The Balaban J connectivity index is 3.09. The lowest BCUT2D eigenvalue weighted by molar-refractivity contribution is -0.108. The highest BCUT2D eigenvalue weighted by Gasteiger charge is 1.96. The third kappa shape index (κ3) is 3.46. The molecule has 0 aliphatic carbocycles. The Morgan fingerprint density at radius 3 is 2.75 bits per heavy atom. The van der Waals surface area contributed by atoms with Gasteiger partial charge in [0, 0.05) is 6.42 Å². The highest BCUT2D eigenvalue weighted by atomic mass is 16.3. The third-order valence-corrected chi connectivity index (χ3v) is 0.882. The van der Waals surface area contributed by atoms with E-state index < -0.39 is 0 Å². The zero-order chi connectivity index (χ0) is 6.41. The SMILES string of the molecule is C[C@H](CCC=O)N=O. The molecule has 0 bridgehead atoms. The normalized spacial score (nSPS) is 12.6. The molecule has 0 aromatic rings. The zero-order valence-corrected chi connectivity index (χ0v) is 4.83. The van der Waals surface area contributed by atoms with Crippen molar-refractivity contribution >= 4 is 6.29 Å². The minimum atomic E-state index is -0.208. The predicted octanol–water partition coefficient (Wildman–Crippen LogP) is 1.12. The van der Waals surface area contributed by atoms with Gasteiger partial charge in [-0.05, 0) is 13.3 Å². The molecule has 3 nitrogen and oxygen atoms in total. The second kappa shape index (κ2) is 4.43. The Hall–Kier alpha value is -0.730. The highest BCUT2D eigenvalue weighted by Crippen LogP contribution is 1.96. The van der Waals surface area contributed by atoms with Gasteiger partial charge < -0.3 is 4.79 Å². The van der Waals surface area contributed by atoms with E-state index in [0.29, 0.717) is 12.8 Å². The van der Waals surface area contributed by atoms with Crippen LogP contribution in [0.25, 0.3) is 0 Å². The second-order valence-corrected chi connectivity index (χ2v) is 1.70. The lowest BCUT2D eigenvalue weighted by Crippen LogP contribution is -1.95. The van der Waals surface area contributed by atoms with Gasteiger partial charge in [0.1, 0.15) is 6.29 Å². The molecule has 0 aliphatic rings. The summed E-state index contributed by atoms with van der Waals surface area (Å²) in [5.41, 5.74) is 0. The molecule has 0 aromatic heterocycles. The molecule has 0 rings (SSSR count). The maximum Gasteiger partial charge on any atom is 0.120 e. The van der Waals surface area contributed by atoms with Crippen molar-refractivity contribution in [2.24, 2.45) is 5.18 Å². The quantitative estimate of drug-likeness (QED) is 0.407. The standard InChI is InChI=1S/C5H9NO2/c1-5(6-8)3-2-4-7/h4-5H,2-3H2,1H3/t5-/m1/s1. The first-order valence-electron chi connectivity index (χ1n) is 2.57. The summed E-state index contributed by atoms with van der Waals surface area (Å²) in [6, 6.07) is -0.208. The van der Waals surface area contributed by atoms with Crippen molar-refractivity contribution in [3.8, 4) is 0 Å². The zero-order valence-electron chi connectivity index (χ0n) is 4.83. The van der Waals surface area contributed by atoms with Gasteiger partial charge in [-0.15, -0.1) is 0 Å². The van der Waals surface area contributed by atoms with Gasteiger partial charge in [0.2, 0.25) is 0 Å². The summed E-state index contributed by atoms with van der Waals surface area (Å²) in [6.07, 6.45) is 1.81. The van der Waals surface area contributed by atoms with Gasteiger partial charge >= 0.3 is 0 Å². The first kappa shape index (κ1) is 7.27. The van der Waals surface area contributed by atoms with E-state index in [1.54, 1.807) is 6.92 Å². The number of aldehydes is 1. The van der Waals surface area contributed by atoms with Crippen molar-refractivity contribution in [3.63, 3.8) is 0 Å². The Morgan fingerprint density at radius 2 is 2.38 bits per heavy atom. The van der Waals surface area contributed by atoms with Crippen molar-refractivity contribution in [1.82, 2.24) is 0 Å². The fourth-order valence-corrected chi connectivity index (χ4v) is 0.362. The van der Waals surface area contributed by atoms with Crippen molar-refractivity contribution in [1.29, 1.82) is 0 Å². The first-order valence-corrected chi connectivity index (χ1v) is 2.57. The fourth-order valence-electron chi connectivity index (χ4n) is 0.362. The summed E-state index contributed by atoms with van der Waals surface area (Å²) in [6.45, 7) is 1.69. The molecule has 0 fully saturated rings. The first-order chi connectivity index (χ1) is 3.81. The molecule has 1 atom stereocenters. The molecule has 0 unspecified atom stereocenters. The lowest BCUT2D eigenvalue weighted by Gasteiger charge is -1.93. The summed E-state index contributed by atoms with van der Waals surface area (Å²) in [7, 11) is 0. The van der Waals surface area contributed by atoms with Gasteiger partial charge in [-0.1, -0.05) is 5.18 Å². The molecule has 46 valence electrons. The van der Waals surface area contributed by atoms with Crippen LogP contribution in [0, 0.1) is 4.91 Å². The Bertz CT molecular complexity index is 82.5. The minimum absolute atomic E-state index is 0.208. The minimum Gasteiger partial charge on any atom is -0.303 e. The smallest absolute Gasteiger partial charge is 0.120 e. The van der Waals surface area contributed by atoms with Crippen LogP contribution in [0.4, 0.5) is 0 Å². The third-order valence-electron chi connectivity index (χ3n) is 0.882. The molecule has 0 aliphatic heterocycles. The number of rotatable bonds is 4. The van der Waals surface area contributed by atoms with Crippen LogP contribution in [-0.4, -0.2) is 12.3 Å². The van der Waals surface area contributed by atoms with Crippen LogP contribution in [0.5, 0.6) is 0 Å². The molecule has 0 amide bonds. The number of carbonyl (C=O) groups is 1. The molecule has 0 saturated carbocycles. The Labute approximate surface area is 48.1 Å². The number of carbonyl (C=O) groups excluding carboxylic acids is 1. The molecule has 0 aromatic carbocycles. The molecule has 0 saturated heterocycles. The maximum atomic E-state index is 9.68. The van der Waals surface area contributed by atoms with Gasteiger partial charge in [0.15, 0.2) is 0 Å². The van der Waals surface area contributed by atoms with E-state index in [9.17, 15) is 9.70 Å². The summed E-state index contributed by atoms with van der Waals surface area (Å²) in [4.78, 5) is 19.3. The molecule has 0 N–H and O–H groups in total. The molecule has 8 heavy (non-hydrogen) atoms. The van der Waals surface area contributed by atoms with E-state index in [1.165, 1.54) is 0 Å². The summed E-state index contributed by atoms with van der Waals surface area (Å²) < 4.78 is 0. The maximum absolute atomic E-state index is 9.68. The highest BCUT2D eigenvalue weighted by molar-refractivity contribution is 5.49. The Morgan fingerprint density at radius 1 is 1.75 bits per heavy atom. The van der Waals surface area contributed by atoms with Crippen LogP contribution in [0.1, 0.15) is 19.8 Å². The summed E-state index contributed by atoms with van der Waals surface area (Å²) >= 11 is 0. The number of nitroso groups, excluding NO2 is 1.